The molecule has 1 N–H and O–H groups in total. The van der Waals surface area contributed by atoms with Crippen LogP contribution in [0.25, 0.3) is 0 Å². The third-order valence-corrected chi connectivity index (χ3v) is 3.94. The molecule has 0 aliphatic carbocycles. The van der Waals surface area contributed by atoms with Crippen LogP contribution in [-0.4, -0.2) is 30.4 Å². The Hall–Kier alpha value is -0.870. The Bertz CT molecular complexity index is 408. The van der Waals surface area contributed by atoms with Gasteiger partial charge in [0.1, 0.15) is 0 Å². The lowest BCUT2D eigenvalue weighted by Gasteiger charge is -2.30. The van der Waals surface area contributed by atoms with E-state index in [9.17, 15) is 4.79 Å². The van der Waals surface area contributed by atoms with Gasteiger partial charge in [0.2, 0.25) is 5.91 Å². The van der Waals surface area contributed by atoms with Gasteiger partial charge in [0.25, 0.3) is 0 Å². The van der Waals surface area contributed by atoms with E-state index in [1.54, 1.807) is 4.90 Å². The molecular formula is C13H17BrN2O. The van der Waals surface area contributed by atoms with E-state index in [4.69, 9.17) is 0 Å². The van der Waals surface area contributed by atoms with Crippen molar-refractivity contribution in [1.82, 2.24) is 10.2 Å². The van der Waals surface area contributed by atoms with Gasteiger partial charge in [0.15, 0.2) is 0 Å². The van der Waals surface area contributed by atoms with Crippen LogP contribution in [0, 0.1) is 0 Å². The first-order valence-electron chi connectivity index (χ1n) is 5.87. The maximum Gasteiger partial charge on any atom is 0.222 e. The molecule has 0 radical (unpaired) electrons. The van der Waals surface area contributed by atoms with E-state index < -0.39 is 0 Å². The number of amides is 1. The van der Waals surface area contributed by atoms with E-state index >= 15 is 0 Å². The van der Waals surface area contributed by atoms with Crippen molar-refractivity contribution in [2.75, 3.05) is 13.6 Å². The maximum absolute atomic E-state index is 11.4. The van der Waals surface area contributed by atoms with Gasteiger partial charge in [-0.3, -0.25) is 4.79 Å². The van der Waals surface area contributed by atoms with Gasteiger partial charge in [-0.25, -0.2) is 0 Å². The van der Waals surface area contributed by atoms with Crippen LogP contribution in [0.4, 0.5) is 0 Å². The van der Waals surface area contributed by atoms with Gasteiger partial charge in [-0.1, -0.05) is 34.1 Å². The van der Waals surface area contributed by atoms with Crippen molar-refractivity contribution < 1.29 is 4.79 Å². The zero-order chi connectivity index (χ0) is 12.3. The molecular weight excluding hydrogens is 280 g/mol. The molecule has 3 nitrogen and oxygen atoms in total. The molecule has 1 unspecified atom stereocenters. The van der Waals surface area contributed by atoms with Crippen molar-refractivity contribution in [3.63, 3.8) is 0 Å². The van der Waals surface area contributed by atoms with E-state index in [1.165, 1.54) is 5.56 Å². The number of likely N-dealkylation sites (tertiary alicyclic amines) is 1. The number of piperidine rings is 1. The number of benzene rings is 1. The number of hydrogen-bond acceptors (Lipinski definition) is 2. The summed E-state index contributed by atoms with van der Waals surface area (Å²) in [5.74, 6) is 0.254. The van der Waals surface area contributed by atoms with Gasteiger partial charge in [0, 0.05) is 37.1 Å². The maximum atomic E-state index is 11.4. The van der Waals surface area contributed by atoms with Crippen LogP contribution in [0.5, 0.6) is 0 Å². The molecule has 1 aliphatic heterocycles. The SMILES string of the molecule is CN1CC(NCc2ccccc2Br)CCC1=O. The number of nitrogens with one attached hydrogen (secondary N) is 1. The fourth-order valence-corrected chi connectivity index (χ4v) is 2.50. The number of nitrogens with zero attached hydrogens (tertiary/aromatic N) is 1. The molecule has 0 saturated carbocycles. The summed E-state index contributed by atoms with van der Waals surface area (Å²) in [6, 6.07) is 8.62. The summed E-state index contributed by atoms with van der Waals surface area (Å²) in [6.07, 6.45) is 1.59. The van der Waals surface area contributed by atoms with E-state index in [1.807, 2.05) is 25.2 Å². The lowest BCUT2D eigenvalue weighted by molar-refractivity contribution is -0.132. The van der Waals surface area contributed by atoms with E-state index in [2.05, 4.69) is 27.3 Å². The summed E-state index contributed by atoms with van der Waals surface area (Å²) >= 11 is 3.54. The summed E-state index contributed by atoms with van der Waals surface area (Å²) < 4.78 is 1.13. The second-order valence-corrected chi connectivity index (χ2v) is 5.34. The Morgan fingerprint density at radius 3 is 2.94 bits per heavy atom. The first-order chi connectivity index (χ1) is 8.16. The molecule has 1 heterocycles. The first-order valence-corrected chi connectivity index (χ1v) is 6.67. The molecule has 1 aromatic carbocycles. The largest absolute Gasteiger partial charge is 0.344 e. The molecule has 17 heavy (non-hydrogen) atoms. The molecule has 1 saturated heterocycles. The van der Waals surface area contributed by atoms with Crippen LogP contribution in [0.3, 0.4) is 0 Å². The van der Waals surface area contributed by atoms with Crippen molar-refractivity contribution in [1.29, 1.82) is 0 Å². The van der Waals surface area contributed by atoms with Crippen molar-refractivity contribution in [2.24, 2.45) is 0 Å². The third-order valence-electron chi connectivity index (χ3n) is 3.17. The van der Waals surface area contributed by atoms with Crippen molar-refractivity contribution >= 4 is 21.8 Å². The number of carbonyl (C=O) groups excluding carboxylic acids is 1. The molecule has 1 aromatic rings. The monoisotopic (exact) mass is 296 g/mol. The number of likely N-dealkylation sites (N-methyl/N-ethyl adjacent to an activating group) is 1. The topological polar surface area (TPSA) is 32.3 Å². The minimum Gasteiger partial charge on any atom is -0.344 e. The molecule has 1 atom stereocenters. The van der Waals surface area contributed by atoms with E-state index in [-0.39, 0.29) is 5.91 Å². The molecule has 0 aromatic heterocycles. The van der Waals surface area contributed by atoms with Gasteiger partial charge in [-0.15, -0.1) is 0 Å². The van der Waals surface area contributed by atoms with Gasteiger partial charge in [-0.2, -0.15) is 0 Å². The minimum absolute atomic E-state index is 0.254. The van der Waals surface area contributed by atoms with Gasteiger partial charge in [-0.05, 0) is 18.1 Å². The lowest BCUT2D eigenvalue weighted by atomic mass is 10.1. The van der Waals surface area contributed by atoms with Crippen LogP contribution >= 0.6 is 15.9 Å². The molecule has 4 heteroatoms. The van der Waals surface area contributed by atoms with Crippen molar-refractivity contribution in [3.05, 3.63) is 34.3 Å². The fourth-order valence-electron chi connectivity index (χ4n) is 2.07. The van der Waals surface area contributed by atoms with Crippen LogP contribution < -0.4 is 5.32 Å². The number of hydrogen-bond donors (Lipinski definition) is 1. The summed E-state index contributed by atoms with van der Waals surface area (Å²) in [5.41, 5.74) is 1.26. The third kappa shape index (κ3) is 3.30. The molecule has 1 fully saturated rings. The summed E-state index contributed by atoms with van der Waals surface area (Å²) in [4.78, 5) is 13.2. The summed E-state index contributed by atoms with van der Waals surface area (Å²) in [5, 5.41) is 3.51. The normalized spacial score (nSPS) is 20.7. The highest BCUT2D eigenvalue weighted by Gasteiger charge is 2.22. The average molecular weight is 297 g/mol. The Morgan fingerprint density at radius 2 is 2.24 bits per heavy atom. The van der Waals surface area contributed by atoms with Gasteiger partial charge >= 0.3 is 0 Å². The second kappa shape index (κ2) is 5.65. The quantitative estimate of drug-likeness (QED) is 0.927. The average Bonchev–Trinajstić information content (AvgIpc) is 2.32. The number of halogens is 1. The molecule has 0 bridgehead atoms. The highest BCUT2D eigenvalue weighted by Crippen LogP contribution is 2.16. The minimum atomic E-state index is 0.254. The zero-order valence-corrected chi connectivity index (χ0v) is 11.5. The lowest BCUT2D eigenvalue weighted by Crippen LogP contribution is -2.46. The Morgan fingerprint density at radius 1 is 1.47 bits per heavy atom. The Kier molecular flexibility index (Phi) is 4.18. The molecule has 1 aliphatic rings. The smallest absolute Gasteiger partial charge is 0.222 e. The highest BCUT2D eigenvalue weighted by molar-refractivity contribution is 9.10. The highest BCUT2D eigenvalue weighted by atomic mass is 79.9. The van der Waals surface area contributed by atoms with E-state index in [0.717, 1.165) is 24.0 Å². The van der Waals surface area contributed by atoms with Crippen molar-refractivity contribution in [2.45, 2.75) is 25.4 Å². The van der Waals surface area contributed by atoms with Crippen LogP contribution in [0.15, 0.2) is 28.7 Å². The van der Waals surface area contributed by atoms with Crippen LogP contribution in [-0.2, 0) is 11.3 Å². The number of rotatable bonds is 3. The van der Waals surface area contributed by atoms with Crippen LogP contribution in [0.2, 0.25) is 0 Å². The molecule has 1 amide bonds. The summed E-state index contributed by atoms with van der Waals surface area (Å²) in [7, 11) is 1.87. The fraction of sp³-hybridized carbons (Fsp3) is 0.462. The number of carbonyl (C=O) groups is 1. The van der Waals surface area contributed by atoms with Crippen LogP contribution in [0.1, 0.15) is 18.4 Å². The standard InChI is InChI=1S/C13H17BrN2O/c1-16-9-11(6-7-13(16)17)15-8-10-4-2-3-5-12(10)14/h2-5,11,15H,6-9H2,1H3. The Balaban J connectivity index is 1.87. The predicted molar refractivity (Wildman–Crippen MR) is 71.6 cm³/mol. The zero-order valence-electron chi connectivity index (χ0n) is 9.95. The molecule has 2 rings (SSSR count). The van der Waals surface area contributed by atoms with Gasteiger partial charge < -0.3 is 10.2 Å². The Labute approximate surface area is 110 Å². The van der Waals surface area contributed by atoms with E-state index in [0.29, 0.717) is 12.5 Å². The van der Waals surface area contributed by atoms with Crippen molar-refractivity contribution in [3.8, 4) is 0 Å². The summed E-state index contributed by atoms with van der Waals surface area (Å²) in [6.45, 7) is 1.65. The molecule has 92 valence electrons. The predicted octanol–water partition coefficient (Wildman–Crippen LogP) is 2.16. The first kappa shape index (κ1) is 12.6. The second-order valence-electron chi connectivity index (χ2n) is 4.48. The van der Waals surface area contributed by atoms with Gasteiger partial charge in [0.05, 0.1) is 0 Å². The molecule has 0 spiro atoms.